The monoisotopic (exact) mass is 289 g/mol. The first-order chi connectivity index (χ1) is 10.0. The summed E-state index contributed by atoms with van der Waals surface area (Å²) in [6, 6.07) is 5.81. The van der Waals surface area contributed by atoms with Crippen molar-refractivity contribution in [3.63, 3.8) is 0 Å². The molecule has 21 heavy (non-hydrogen) atoms. The summed E-state index contributed by atoms with van der Waals surface area (Å²) in [6.45, 7) is 2.45. The van der Waals surface area contributed by atoms with Crippen LogP contribution in [0.1, 0.15) is 28.9 Å². The number of ether oxygens (including phenoxy) is 1. The number of esters is 1. The molecule has 2 rings (SSSR count). The van der Waals surface area contributed by atoms with Gasteiger partial charge in [-0.25, -0.2) is 0 Å². The van der Waals surface area contributed by atoms with Gasteiger partial charge >= 0.3 is 5.97 Å². The second-order valence-electron chi connectivity index (χ2n) is 5.03. The molecule has 0 saturated carbocycles. The maximum atomic E-state index is 12.4. The van der Waals surface area contributed by atoms with E-state index in [1.807, 2.05) is 25.1 Å². The molecule has 0 radical (unpaired) electrons. The Kier molecular flexibility index (Phi) is 4.57. The number of fused-ring (bicyclic) bond motifs is 1. The average molecular weight is 289 g/mol. The SMILES string of the molecule is COC(=O)CCCN(C)C(=O)c1n[nH]c2ccc(C)cc12. The number of aromatic nitrogens is 2. The maximum Gasteiger partial charge on any atom is 0.305 e. The molecule has 0 bridgehead atoms. The lowest BCUT2D eigenvalue weighted by atomic mass is 10.1. The topological polar surface area (TPSA) is 75.3 Å². The van der Waals surface area contributed by atoms with Crippen molar-refractivity contribution in [2.45, 2.75) is 19.8 Å². The second kappa shape index (κ2) is 6.39. The normalized spacial score (nSPS) is 10.6. The van der Waals surface area contributed by atoms with Crippen molar-refractivity contribution in [2.24, 2.45) is 0 Å². The van der Waals surface area contributed by atoms with E-state index in [2.05, 4.69) is 14.9 Å². The van der Waals surface area contributed by atoms with Crippen LogP contribution in [0.5, 0.6) is 0 Å². The molecule has 1 heterocycles. The van der Waals surface area contributed by atoms with Crippen LogP contribution in [0, 0.1) is 6.92 Å². The predicted octanol–water partition coefficient (Wildman–Crippen LogP) is 1.90. The fourth-order valence-corrected chi connectivity index (χ4v) is 2.14. The van der Waals surface area contributed by atoms with Crippen LogP contribution < -0.4 is 0 Å². The molecule has 0 aliphatic heterocycles. The highest BCUT2D eigenvalue weighted by atomic mass is 16.5. The van der Waals surface area contributed by atoms with E-state index in [-0.39, 0.29) is 11.9 Å². The Labute approximate surface area is 123 Å². The van der Waals surface area contributed by atoms with E-state index in [1.165, 1.54) is 7.11 Å². The minimum Gasteiger partial charge on any atom is -0.469 e. The van der Waals surface area contributed by atoms with E-state index >= 15 is 0 Å². The number of amides is 1. The first-order valence-electron chi connectivity index (χ1n) is 6.80. The highest BCUT2D eigenvalue weighted by Gasteiger charge is 2.18. The zero-order valence-electron chi connectivity index (χ0n) is 12.5. The van der Waals surface area contributed by atoms with Crippen LogP contribution in [0.3, 0.4) is 0 Å². The number of hydrogen-bond donors (Lipinski definition) is 1. The maximum absolute atomic E-state index is 12.4. The van der Waals surface area contributed by atoms with Crippen LogP contribution in [0.2, 0.25) is 0 Å². The van der Waals surface area contributed by atoms with E-state index in [1.54, 1.807) is 11.9 Å². The average Bonchev–Trinajstić information content (AvgIpc) is 2.88. The zero-order chi connectivity index (χ0) is 15.4. The van der Waals surface area contributed by atoms with Gasteiger partial charge < -0.3 is 9.64 Å². The summed E-state index contributed by atoms with van der Waals surface area (Å²) in [5, 5.41) is 7.79. The standard InChI is InChI=1S/C15H19N3O3/c1-10-6-7-12-11(9-10)14(17-16-12)15(20)18(2)8-4-5-13(19)21-3/h6-7,9H,4-5,8H2,1-3H3,(H,16,17). The third kappa shape index (κ3) is 3.39. The Morgan fingerprint density at radius 2 is 2.14 bits per heavy atom. The molecule has 0 aliphatic carbocycles. The second-order valence-corrected chi connectivity index (χ2v) is 5.03. The van der Waals surface area contributed by atoms with Crippen molar-refractivity contribution >= 4 is 22.8 Å². The molecule has 1 aromatic carbocycles. The molecule has 1 amide bonds. The number of nitrogens with one attached hydrogen (secondary N) is 1. The third-order valence-corrected chi connectivity index (χ3v) is 3.37. The van der Waals surface area contributed by atoms with Gasteiger partial charge in [-0.3, -0.25) is 14.7 Å². The number of hydrogen-bond acceptors (Lipinski definition) is 4. The zero-order valence-corrected chi connectivity index (χ0v) is 12.5. The number of H-pyrrole nitrogens is 1. The molecule has 6 heteroatoms. The number of nitrogens with zero attached hydrogens (tertiary/aromatic N) is 2. The number of methoxy groups -OCH3 is 1. The first kappa shape index (κ1) is 15.0. The van der Waals surface area contributed by atoms with E-state index in [4.69, 9.17) is 0 Å². The van der Waals surface area contributed by atoms with Crippen molar-refractivity contribution in [3.05, 3.63) is 29.5 Å². The summed E-state index contributed by atoms with van der Waals surface area (Å²) in [5.74, 6) is -0.423. The summed E-state index contributed by atoms with van der Waals surface area (Å²) in [5.41, 5.74) is 2.33. The lowest BCUT2D eigenvalue weighted by Gasteiger charge is -2.15. The molecule has 112 valence electrons. The molecule has 2 aromatic rings. The lowest BCUT2D eigenvalue weighted by molar-refractivity contribution is -0.140. The molecular weight excluding hydrogens is 270 g/mol. The van der Waals surface area contributed by atoms with E-state index in [0.717, 1.165) is 16.5 Å². The Morgan fingerprint density at radius 1 is 1.38 bits per heavy atom. The molecule has 0 spiro atoms. The fourth-order valence-electron chi connectivity index (χ4n) is 2.14. The quantitative estimate of drug-likeness (QED) is 0.853. The summed E-state index contributed by atoms with van der Waals surface area (Å²) in [7, 11) is 3.06. The van der Waals surface area contributed by atoms with E-state index in [0.29, 0.717) is 25.1 Å². The molecule has 0 aliphatic rings. The predicted molar refractivity (Wildman–Crippen MR) is 79.0 cm³/mol. The van der Waals surface area contributed by atoms with E-state index < -0.39 is 0 Å². The molecule has 0 atom stereocenters. The smallest absolute Gasteiger partial charge is 0.305 e. The summed E-state index contributed by atoms with van der Waals surface area (Å²) >= 11 is 0. The van der Waals surface area contributed by atoms with Gasteiger partial charge in [-0.2, -0.15) is 5.10 Å². The Bertz CT molecular complexity index is 663. The number of aryl methyl sites for hydroxylation is 1. The van der Waals surface area contributed by atoms with Gasteiger partial charge in [-0.05, 0) is 25.5 Å². The summed E-state index contributed by atoms with van der Waals surface area (Å²) < 4.78 is 4.58. The number of carbonyl (C=O) groups excluding carboxylic acids is 2. The minimum absolute atomic E-state index is 0.156. The first-order valence-corrected chi connectivity index (χ1v) is 6.80. The van der Waals surface area contributed by atoms with Crippen LogP contribution in [-0.4, -0.2) is 47.7 Å². The van der Waals surface area contributed by atoms with Crippen molar-refractivity contribution < 1.29 is 14.3 Å². The van der Waals surface area contributed by atoms with Gasteiger partial charge in [0.15, 0.2) is 5.69 Å². The van der Waals surface area contributed by atoms with Crippen molar-refractivity contribution in [2.75, 3.05) is 20.7 Å². The number of carbonyl (C=O) groups is 2. The largest absolute Gasteiger partial charge is 0.469 e. The van der Waals surface area contributed by atoms with Crippen LogP contribution in [0.15, 0.2) is 18.2 Å². The highest BCUT2D eigenvalue weighted by Crippen LogP contribution is 2.18. The molecule has 0 fully saturated rings. The molecule has 0 unspecified atom stereocenters. The molecular formula is C15H19N3O3. The summed E-state index contributed by atoms with van der Waals surface area (Å²) in [4.78, 5) is 25.0. The molecule has 1 N–H and O–H groups in total. The van der Waals surface area contributed by atoms with Gasteiger partial charge in [-0.15, -0.1) is 0 Å². The number of benzene rings is 1. The summed E-state index contributed by atoms with van der Waals surface area (Å²) in [6.07, 6.45) is 0.866. The lowest BCUT2D eigenvalue weighted by Crippen LogP contribution is -2.28. The van der Waals surface area contributed by atoms with Gasteiger partial charge in [0.2, 0.25) is 0 Å². The van der Waals surface area contributed by atoms with Gasteiger partial charge in [0.25, 0.3) is 5.91 Å². The van der Waals surface area contributed by atoms with Crippen LogP contribution in [0.25, 0.3) is 10.9 Å². The van der Waals surface area contributed by atoms with Crippen molar-refractivity contribution in [1.29, 1.82) is 0 Å². The van der Waals surface area contributed by atoms with Gasteiger partial charge in [-0.1, -0.05) is 11.6 Å². The third-order valence-electron chi connectivity index (χ3n) is 3.37. The van der Waals surface area contributed by atoms with Gasteiger partial charge in [0.1, 0.15) is 0 Å². The van der Waals surface area contributed by atoms with Gasteiger partial charge in [0.05, 0.1) is 12.6 Å². The fraction of sp³-hybridized carbons (Fsp3) is 0.400. The van der Waals surface area contributed by atoms with Crippen LogP contribution in [-0.2, 0) is 9.53 Å². The van der Waals surface area contributed by atoms with Crippen molar-refractivity contribution in [1.82, 2.24) is 15.1 Å². The van der Waals surface area contributed by atoms with Crippen molar-refractivity contribution in [3.8, 4) is 0 Å². The Morgan fingerprint density at radius 3 is 2.86 bits per heavy atom. The Hall–Kier alpha value is -2.37. The van der Waals surface area contributed by atoms with E-state index in [9.17, 15) is 9.59 Å². The minimum atomic E-state index is -0.267. The Balaban J connectivity index is 2.07. The van der Waals surface area contributed by atoms with Gasteiger partial charge in [0, 0.05) is 25.4 Å². The van der Waals surface area contributed by atoms with Crippen LogP contribution >= 0.6 is 0 Å². The van der Waals surface area contributed by atoms with Crippen LogP contribution in [0.4, 0.5) is 0 Å². The molecule has 0 saturated heterocycles. The molecule has 6 nitrogen and oxygen atoms in total. The number of rotatable bonds is 5. The number of aromatic amines is 1. The highest BCUT2D eigenvalue weighted by molar-refractivity contribution is 6.04. The molecule has 1 aromatic heterocycles.